The van der Waals surface area contributed by atoms with Crippen LogP contribution in [0.5, 0.6) is 0 Å². The van der Waals surface area contributed by atoms with E-state index in [-0.39, 0.29) is 0 Å². The summed E-state index contributed by atoms with van der Waals surface area (Å²) >= 11 is 0. The van der Waals surface area contributed by atoms with Gasteiger partial charge in [-0.3, -0.25) is 0 Å². The topological polar surface area (TPSA) is 77.3 Å². The van der Waals surface area contributed by atoms with E-state index in [9.17, 15) is 0 Å². The van der Waals surface area contributed by atoms with Crippen LogP contribution in [0.1, 0.15) is 0 Å². The molecule has 0 atom stereocenters. The molecule has 6 nitrogen and oxygen atoms in total. The SMILES string of the molecule is c1ccc2cc(-c3nc(-c4ccc5ccccc5c4)nc(-c4nc(-c5ccc6ccccc6c5)nc(-c5ccc6ccccc6c5)n4)n3)ccc2c1. The Balaban J connectivity index is 1.21. The maximum atomic E-state index is 5.06. The zero-order valence-electron chi connectivity index (χ0n) is 27.8. The van der Waals surface area contributed by atoms with Crippen LogP contribution in [0.2, 0.25) is 0 Å². The molecule has 0 unspecified atom stereocenters. The third-order valence-electron chi connectivity index (χ3n) is 9.50. The van der Waals surface area contributed by atoms with Crippen LogP contribution in [0, 0.1) is 0 Å². The number of rotatable bonds is 5. The average molecular weight is 665 g/mol. The van der Waals surface area contributed by atoms with E-state index in [1.54, 1.807) is 0 Å². The van der Waals surface area contributed by atoms with Crippen molar-refractivity contribution in [1.82, 2.24) is 29.9 Å². The van der Waals surface area contributed by atoms with Gasteiger partial charge in [0.15, 0.2) is 23.3 Å². The number of hydrogen-bond acceptors (Lipinski definition) is 6. The molecule has 0 spiro atoms. The van der Waals surface area contributed by atoms with Gasteiger partial charge in [0.2, 0.25) is 11.6 Å². The molecule has 0 saturated carbocycles. The molecule has 0 aliphatic rings. The Hall–Kier alpha value is -7.18. The summed E-state index contributed by atoms with van der Waals surface area (Å²) in [5.41, 5.74) is 3.51. The highest BCUT2D eigenvalue weighted by Crippen LogP contribution is 2.31. The van der Waals surface area contributed by atoms with Crippen LogP contribution in [-0.4, -0.2) is 29.9 Å². The maximum Gasteiger partial charge on any atom is 0.202 e. The smallest absolute Gasteiger partial charge is 0.202 e. The fourth-order valence-electron chi connectivity index (χ4n) is 6.78. The van der Waals surface area contributed by atoms with E-state index in [2.05, 4.69) is 121 Å². The molecule has 0 aliphatic heterocycles. The number of aromatic nitrogens is 6. The predicted molar refractivity (Wildman–Crippen MR) is 210 cm³/mol. The van der Waals surface area contributed by atoms with Gasteiger partial charge in [-0.25, -0.2) is 29.9 Å². The second-order valence-corrected chi connectivity index (χ2v) is 12.9. The van der Waals surface area contributed by atoms with Gasteiger partial charge >= 0.3 is 0 Å². The molecule has 0 saturated heterocycles. The van der Waals surface area contributed by atoms with Crippen molar-refractivity contribution in [3.63, 3.8) is 0 Å². The molecular weight excluding hydrogens is 637 g/mol. The molecular formula is C46H28N6. The van der Waals surface area contributed by atoms with Gasteiger partial charge in [-0.1, -0.05) is 146 Å². The number of nitrogens with zero attached hydrogens (tertiary/aromatic N) is 6. The van der Waals surface area contributed by atoms with Gasteiger partial charge in [0.05, 0.1) is 0 Å². The largest absolute Gasteiger partial charge is 0.208 e. The lowest BCUT2D eigenvalue weighted by atomic mass is 10.1. The van der Waals surface area contributed by atoms with E-state index in [0.717, 1.165) is 65.3 Å². The molecule has 0 aliphatic carbocycles. The molecule has 0 amide bonds. The van der Waals surface area contributed by atoms with Crippen molar-refractivity contribution in [1.29, 1.82) is 0 Å². The summed E-state index contributed by atoms with van der Waals surface area (Å²) in [6.45, 7) is 0. The highest BCUT2D eigenvalue weighted by molar-refractivity contribution is 5.90. The molecule has 0 radical (unpaired) electrons. The quantitative estimate of drug-likeness (QED) is 0.182. The van der Waals surface area contributed by atoms with E-state index in [1.807, 2.05) is 48.5 Å². The fourth-order valence-corrected chi connectivity index (χ4v) is 6.78. The van der Waals surface area contributed by atoms with Gasteiger partial charge in [0.1, 0.15) is 0 Å². The number of hydrogen-bond donors (Lipinski definition) is 0. The van der Waals surface area contributed by atoms with Crippen LogP contribution in [0.15, 0.2) is 170 Å². The van der Waals surface area contributed by atoms with E-state index in [1.165, 1.54) is 0 Å². The van der Waals surface area contributed by atoms with E-state index in [4.69, 9.17) is 29.9 Å². The average Bonchev–Trinajstić information content (AvgIpc) is 3.22. The summed E-state index contributed by atoms with van der Waals surface area (Å²) in [6.07, 6.45) is 0. The van der Waals surface area contributed by atoms with Gasteiger partial charge in [0.25, 0.3) is 0 Å². The summed E-state index contributed by atoms with van der Waals surface area (Å²) in [7, 11) is 0. The summed E-state index contributed by atoms with van der Waals surface area (Å²) in [4.78, 5) is 30.4. The molecule has 0 fully saturated rings. The second kappa shape index (κ2) is 12.3. The van der Waals surface area contributed by atoms with Crippen LogP contribution in [-0.2, 0) is 0 Å². The first-order chi connectivity index (χ1) is 25.7. The summed E-state index contributed by atoms with van der Waals surface area (Å²) in [5.74, 6) is 2.90. The van der Waals surface area contributed by atoms with Crippen molar-refractivity contribution in [2.24, 2.45) is 0 Å². The lowest BCUT2D eigenvalue weighted by molar-refractivity contribution is 1.00. The van der Waals surface area contributed by atoms with Gasteiger partial charge in [0, 0.05) is 22.3 Å². The van der Waals surface area contributed by atoms with Crippen molar-refractivity contribution in [2.75, 3.05) is 0 Å². The van der Waals surface area contributed by atoms with Crippen molar-refractivity contribution in [2.45, 2.75) is 0 Å². The van der Waals surface area contributed by atoms with Crippen LogP contribution in [0.3, 0.4) is 0 Å². The van der Waals surface area contributed by atoms with Crippen molar-refractivity contribution in [3.05, 3.63) is 170 Å². The highest BCUT2D eigenvalue weighted by Gasteiger charge is 2.19. The Labute approximate surface area is 299 Å². The first-order valence-corrected chi connectivity index (χ1v) is 17.2. The minimum atomic E-state index is 0.368. The third-order valence-corrected chi connectivity index (χ3v) is 9.50. The van der Waals surface area contributed by atoms with Gasteiger partial charge in [-0.2, -0.15) is 0 Å². The lowest BCUT2D eigenvalue weighted by Crippen LogP contribution is -2.05. The molecule has 6 heteroatoms. The van der Waals surface area contributed by atoms with E-state index in [0.29, 0.717) is 34.9 Å². The lowest BCUT2D eigenvalue weighted by Gasteiger charge is -2.11. The Bertz CT molecular complexity index is 2590. The van der Waals surface area contributed by atoms with Gasteiger partial charge < -0.3 is 0 Å². The molecule has 10 aromatic rings. The first kappa shape index (κ1) is 29.7. The molecule has 0 bridgehead atoms. The predicted octanol–water partition coefficient (Wildman–Crippen LogP) is 11.0. The minimum absolute atomic E-state index is 0.368. The van der Waals surface area contributed by atoms with Crippen LogP contribution >= 0.6 is 0 Å². The Morgan fingerprint density at radius 2 is 0.404 bits per heavy atom. The monoisotopic (exact) mass is 664 g/mol. The van der Waals surface area contributed by atoms with Gasteiger partial charge in [-0.15, -0.1) is 0 Å². The third kappa shape index (κ3) is 5.49. The molecule has 2 heterocycles. The molecule has 242 valence electrons. The highest BCUT2D eigenvalue weighted by atomic mass is 15.1. The number of fused-ring (bicyclic) bond motifs is 4. The zero-order chi connectivity index (χ0) is 34.4. The van der Waals surface area contributed by atoms with Crippen molar-refractivity contribution in [3.8, 4) is 57.2 Å². The Morgan fingerprint density at radius 1 is 0.192 bits per heavy atom. The van der Waals surface area contributed by atoms with E-state index >= 15 is 0 Å². The Kier molecular flexibility index (Phi) is 7.03. The number of benzene rings is 8. The van der Waals surface area contributed by atoms with Crippen molar-refractivity contribution < 1.29 is 0 Å². The summed E-state index contributed by atoms with van der Waals surface area (Å²) in [6, 6.07) is 58.2. The van der Waals surface area contributed by atoms with Crippen LogP contribution in [0.25, 0.3) is 100 Å². The molecule has 0 N–H and O–H groups in total. The van der Waals surface area contributed by atoms with Gasteiger partial charge in [-0.05, 0) is 67.4 Å². The zero-order valence-corrected chi connectivity index (χ0v) is 27.8. The summed E-state index contributed by atoms with van der Waals surface area (Å²) < 4.78 is 0. The normalized spacial score (nSPS) is 11.5. The Morgan fingerprint density at radius 3 is 0.654 bits per heavy atom. The maximum absolute atomic E-state index is 5.06. The first-order valence-electron chi connectivity index (χ1n) is 17.2. The molecule has 52 heavy (non-hydrogen) atoms. The second-order valence-electron chi connectivity index (χ2n) is 12.9. The standard InChI is InChI=1S/C46H28N6/c1-5-13-33-25-37(21-17-29(33)9-1)41-47-42(38-22-18-30-10-2-6-14-34(30)26-38)50-45(49-41)46-51-43(39-23-19-31-11-3-7-15-35(31)27-39)48-44(52-46)40-24-20-32-12-4-8-16-36(32)28-40/h1-28H. The van der Waals surface area contributed by atoms with Crippen LogP contribution in [0.4, 0.5) is 0 Å². The minimum Gasteiger partial charge on any atom is -0.208 e. The molecule has 10 rings (SSSR count). The van der Waals surface area contributed by atoms with E-state index < -0.39 is 0 Å². The molecule has 8 aromatic carbocycles. The molecule has 2 aromatic heterocycles. The fraction of sp³-hybridized carbons (Fsp3) is 0. The van der Waals surface area contributed by atoms with Crippen LogP contribution < -0.4 is 0 Å². The van der Waals surface area contributed by atoms with Crippen molar-refractivity contribution >= 4 is 43.1 Å². The summed E-state index contributed by atoms with van der Waals surface area (Å²) in [5, 5.41) is 9.00.